The quantitative estimate of drug-likeness (QED) is 0.792. The summed E-state index contributed by atoms with van der Waals surface area (Å²) in [7, 11) is 0. The average Bonchev–Trinajstić information content (AvgIpc) is 2.15. The Kier molecular flexibility index (Phi) is 2.28. The summed E-state index contributed by atoms with van der Waals surface area (Å²) in [4.78, 5) is 0. The Bertz CT molecular complexity index is 318. The maximum absolute atomic E-state index is 3.40. The van der Waals surface area contributed by atoms with Gasteiger partial charge in [0.25, 0.3) is 0 Å². The standard InChI is InChI=1S/C14H19N/c1-2-4-12(5-3-1)6-7-13-8-14(9-13)10-15-11-14/h1-5,13,15H,6-11H2. The van der Waals surface area contributed by atoms with Crippen LogP contribution in [0.4, 0.5) is 0 Å². The second-order valence-corrected chi connectivity index (χ2v) is 5.40. The van der Waals surface area contributed by atoms with Crippen LogP contribution in [0.1, 0.15) is 24.8 Å². The molecule has 0 radical (unpaired) electrons. The van der Waals surface area contributed by atoms with Crippen LogP contribution >= 0.6 is 0 Å². The van der Waals surface area contributed by atoms with E-state index in [1.54, 1.807) is 0 Å². The van der Waals surface area contributed by atoms with Gasteiger partial charge in [-0.3, -0.25) is 0 Å². The van der Waals surface area contributed by atoms with Crippen LogP contribution in [0.25, 0.3) is 0 Å². The van der Waals surface area contributed by atoms with Crippen molar-refractivity contribution in [2.24, 2.45) is 11.3 Å². The zero-order valence-electron chi connectivity index (χ0n) is 9.21. The molecule has 1 aromatic rings. The van der Waals surface area contributed by atoms with Crippen LogP contribution in [-0.2, 0) is 6.42 Å². The predicted octanol–water partition coefficient (Wildman–Crippen LogP) is 2.62. The number of aryl methyl sites for hydroxylation is 1. The van der Waals surface area contributed by atoms with Gasteiger partial charge >= 0.3 is 0 Å². The first kappa shape index (κ1) is 9.41. The highest BCUT2D eigenvalue weighted by Gasteiger charge is 2.47. The van der Waals surface area contributed by atoms with Crippen LogP contribution in [0, 0.1) is 11.3 Å². The Hall–Kier alpha value is -0.820. The monoisotopic (exact) mass is 201 g/mol. The van der Waals surface area contributed by atoms with Gasteiger partial charge in [0, 0.05) is 13.1 Å². The van der Waals surface area contributed by atoms with E-state index in [0.29, 0.717) is 0 Å². The molecule has 0 aromatic heterocycles. The molecule has 1 aliphatic heterocycles. The van der Waals surface area contributed by atoms with Gasteiger partial charge in [-0.2, -0.15) is 0 Å². The SMILES string of the molecule is c1ccc(CCC2CC3(CNC3)C2)cc1. The Balaban J connectivity index is 1.44. The molecule has 0 unspecified atom stereocenters. The summed E-state index contributed by atoms with van der Waals surface area (Å²) in [5.41, 5.74) is 2.26. The Labute approximate surface area is 91.9 Å². The molecule has 80 valence electrons. The lowest BCUT2D eigenvalue weighted by molar-refractivity contribution is -0.00302. The highest BCUT2D eigenvalue weighted by molar-refractivity contribution is 5.15. The van der Waals surface area contributed by atoms with Crippen molar-refractivity contribution in [1.82, 2.24) is 5.32 Å². The molecule has 1 heterocycles. The zero-order valence-corrected chi connectivity index (χ0v) is 9.21. The predicted molar refractivity (Wildman–Crippen MR) is 62.8 cm³/mol. The highest BCUT2D eigenvalue weighted by Crippen LogP contribution is 2.49. The van der Waals surface area contributed by atoms with Crippen LogP contribution in [0.3, 0.4) is 0 Å². The average molecular weight is 201 g/mol. The zero-order chi connectivity index (χ0) is 10.1. The van der Waals surface area contributed by atoms with Crippen molar-refractivity contribution in [3.8, 4) is 0 Å². The maximum atomic E-state index is 3.40. The van der Waals surface area contributed by atoms with E-state index >= 15 is 0 Å². The van der Waals surface area contributed by atoms with Gasteiger partial charge in [-0.25, -0.2) is 0 Å². The number of nitrogens with one attached hydrogen (secondary N) is 1. The van der Waals surface area contributed by atoms with Crippen molar-refractivity contribution >= 4 is 0 Å². The molecule has 1 nitrogen and oxygen atoms in total. The van der Waals surface area contributed by atoms with Gasteiger partial charge in [0.2, 0.25) is 0 Å². The fourth-order valence-corrected chi connectivity index (χ4v) is 3.15. The summed E-state index contributed by atoms with van der Waals surface area (Å²) in [5, 5.41) is 3.40. The normalized spacial score (nSPS) is 23.5. The molecule has 1 heteroatoms. The van der Waals surface area contributed by atoms with Gasteiger partial charge in [0.05, 0.1) is 0 Å². The van der Waals surface area contributed by atoms with Crippen molar-refractivity contribution < 1.29 is 0 Å². The lowest BCUT2D eigenvalue weighted by atomic mass is 9.57. The third-order valence-electron chi connectivity index (χ3n) is 4.13. The van der Waals surface area contributed by atoms with E-state index in [0.717, 1.165) is 11.3 Å². The second kappa shape index (κ2) is 3.64. The number of benzene rings is 1. The smallest absolute Gasteiger partial charge is 0.00204 e. The number of hydrogen-bond acceptors (Lipinski definition) is 1. The summed E-state index contributed by atoms with van der Waals surface area (Å²) in [5.74, 6) is 1.01. The van der Waals surface area contributed by atoms with Gasteiger partial charge < -0.3 is 5.32 Å². The van der Waals surface area contributed by atoms with Crippen molar-refractivity contribution in [3.63, 3.8) is 0 Å². The molecule has 0 atom stereocenters. The van der Waals surface area contributed by atoms with E-state index in [2.05, 4.69) is 35.6 Å². The number of rotatable bonds is 3. The largest absolute Gasteiger partial charge is 0.316 e. The Morgan fingerprint density at radius 3 is 2.47 bits per heavy atom. The third kappa shape index (κ3) is 1.81. The Morgan fingerprint density at radius 1 is 1.13 bits per heavy atom. The van der Waals surface area contributed by atoms with Crippen LogP contribution in [-0.4, -0.2) is 13.1 Å². The van der Waals surface area contributed by atoms with Gasteiger partial charge in [-0.1, -0.05) is 30.3 Å². The number of hydrogen-bond donors (Lipinski definition) is 1. The van der Waals surface area contributed by atoms with Crippen molar-refractivity contribution in [2.75, 3.05) is 13.1 Å². The van der Waals surface area contributed by atoms with Crippen LogP contribution < -0.4 is 5.32 Å². The molecule has 0 bridgehead atoms. The summed E-state index contributed by atoms with van der Waals surface area (Å²) in [6.07, 6.45) is 5.63. The van der Waals surface area contributed by atoms with Crippen molar-refractivity contribution in [1.29, 1.82) is 0 Å². The molecule has 1 saturated carbocycles. The fraction of sp³-hybridized carbons (Fsp3) is 0.571. The van der Waals surface area contributed by atoms with E-state index < -0.39 is 0 Å². The highest BCUT2D eigenvalue weighted by atomic mass is 15.0. The van der Waals surface area contributed by atoms with E-state index in [-0.39, 0.29) is 0 Å². The van der Waals surface area contributed by atoms with E-state index in [4.69, 9.17) is 0 Å². The van der Waals surface area contributed by atoms with Crippen LogP contribution in [0.15, 0.2) is 30.3 Å². The van der Waals surface area contributed by atoms with Gasteiger partial charge in [0.1, 0.15) is 0 Å². The molecule has 2 aliphatic rings. The molecule has 0 amide bonds. The minimum Gasteiger partial charge on any atom is -0.316 e. The molecule has 3 rings (SSSR count). The molecule has 1 N–H and O–H groups in total. The summed E-state index contributed by atoms with van der Waals surface area (Å²) < 4.78 is 0. The van der Waals surface area contributed by atoms with Crippen LogP contribution in [0.5, 0.6) is 0 Å². The molecule has 1 saturated heterocycles. The topological polar surface area (TPSA) is 12.0 Å². The first-order chi connectivity index (χ1) is 7.36. The summed E-state index contributed by atoms with van der Waals surface area (Å²) in [6.45, 7) is 2.57. The van der Waals surface area contributed by atoms with E-state index in [1.165, 1.54) is 44.3 Å². The minimum absolute atomic E-state index is 0.751. The van der Waals surface area contributed by atoms with Crippen molar-refractivity contribution in [2.45, 2.75) is 25.7 Å². The lowest BCUT2D eigenvalue weighted by Crippen LogP contribution is -2.60. The van der Waals surface area contributed by atoms with Crippen molar-refractivity contribution in [3.05, 3.63) is 35.9 Å². The molecular weight excluding hydrogens is 182 g/mol. The van der Waals surface area contributed by atoms with E-state index in [1.807, 2.05) is 0 Å². The molecule has 1 spiro atoms. The first-order valence-corrected chi connectivity index (χ1v) is 6.11. The molecule has 1 aliphatic carbocycles. The first-order valence-electron chi connectivity index (χ1n) is 6.11. The van der Waals surface area contributed by atoms with E-state index in [9.17, 15) is 0 Å². The maximum Gasteiger partial charge on any atom is 0.00204 e. The van der Waals surface area contributed by atoms with Gasteiger partial charge in [-0.05, 0) is 42.6 Å². The Morgan fingerprint density at radius 2 is 1.87 bits per heavy atom. The summed E-state index contributed by atoms with van der Waals surface area (Å²) in [6, 6.07) is 10.9. The molecule has 1 aromatic carbocycles. The van der Waals surface area contributed by atoms with Gasteiger partial charge in [-0.15, -0.1) is 0 Å². The molecule has 2 fully saturated rings. The summed E-state index contributed by atoms with van der Waals surface area (Å²) >= 11 is 0. The lowest BCUT2D eigenvalue weighted by Gasteiger charge is -2.54. The second-order valence-electron chi connectivity index (χ2n) is 5.40. The third-order valence-corrected chi connectivity index (χ3v) is 4.13. The molecule has 15 heavy (non-hydrogen) atoms. The minimum atomic E-state index is 0.751. The van der Waals surface area contributed by atoms with Crippen LogP contribution in [0.2, 0.25) is 0 Å². The molecular formula is C14H19N. The fourth-order valence-electron chi connectivity index (χ4n) is 3.15. The van der Waals surface area contributed by atoms with Gasteiger partial charge in [0.15, 0.2) is 0 Å².